The largest absolute Gasteiger partial charge is 0.433 e. The molecule has 1 aliphatic heterocycles. The van der Waals surface area contributed by atoms with E-state index in [0.29, 0.717) is 35.0 Å². The second-order valence-corrected chi connectivity index (χ2v) is 12.7. The summed E-state index contributed by atoms with van der Waals surface area (Å²) < 4.78 is 46.9. The smallest absolute Gasteiger partial charge is 0.384 e. The minimum atomic E-state index is -4.50. The number of rotatable bonds is 9. The van der Waals surface area contributed by atoms with Gasteiger partial charge in [0.15, 0.2) is 11.5 Å². The van der Waals surface area contributed by atoms with Crippen LogP contribution in [0.5, 0.6) is 0 Å². The van der Waals surface area contributed by atoms with E-state index >= 15 is 0 Å². The molecule has 0 atom stereocenters. The Bertz CT molecular complexity index is 1640. The molecule has 3 fully saturated rings. The Balaban J connectivity index is 1.29. The van der Waals surface area contributed by atoms with Crippen LogP contribution in [0, 0.1) is 5.41 Å². The van der Waals surface area contributed by atoms with Crippen molar-refractivity contribution in [2.45, 2.75) is 63.5 Å². The molecule has 44 heavy (non-hydrogen) atoms. The summed E-state index contributed by atoms with van der Waals surface area (Å²) in [7, 11) is 3.76. The van der Waals surface area contributed by atoms with E-state index in [2.05, 4.69) is 29.7 Å². The number of fused-ring (bicyclic) bond motifs is 1. The molecule has 1 saturated heterocycles. The first kappa shape index (κ1) is 28.9. The molecule has 0 radical (unpaired) electrons. The van der Waals surface area contributed by atoms with E-state index in [0.717, 1.165) is 81.6 Å². The summed E-state index contributed by atoms with van der Waals surface area (Å²) in [6.07, 6.45) is 8.63. The maximum absolute atomic E-state index is 13.8. The van der Waals surface area contributed by atoms with Gasteiger partial charge in [0.25, 0.3) is 0 Å². The van der Waals surface area contributed by atoms with Crippen molar-refractivity contribution in [1.29, 1.82) is 0 Å². The molecule has 0 amide bonds. The number of nitrogens with one attached hydrogen (secondary N) is 1. The molecule has 3 aliphatic rings. The predicted octanol–water partition coefficient (Wildman–Crippen LogP) is 6.62. The van der Waals surface area contributed by atoms with Crippen LogP contribution in [0.2, 0.25) is 0 Å². The predicted molar refractivity (Wildman–Crippen MR) is 163 cm³/mol. The van der Waals surface area contributed by atoms with Gasteiger partial charge in [-0.1, -0.05) is 6.42 Å². The first-order valence-electron chi connectivity index (χ1n) is 15.5. The first-order chi connectivity index (χ1) is 21.2. The van der Waals surface area contributed by atoms with Crippen molar-refractivity contribution >= 4 is 22.7 Å². The number of hydrogen-bond acceptors (Lipinski definition) is 8. The average Bonchev–Trinajstić information content (AvgIpc) is 3.77. The summed E-state index contributed by atoms with van der Waals surface area (Å²) >= 11 is 0. The van der Waals surface area contributed by atoms with Gasteiger partial charge in [-0.3, -0.25) is 4.98 Å². The molecule has 0 bridgehead atoms. The Morgan fingerprint density at radius 2 is 1.77 bits per heavy atom. The average molecular weight is 607 g/mol. The highest BCUT2D eigenvalue weighted by molar-refractivity contribution is 5.91. The zero-order valence-corrected chi connectivity index (χ0v) is 25.1. The summed E-state index contributed by atoms with van der Waals surface area (Å²) in [5.41, 5.74) is 3.22. The summed E-state index contributed by atoms with van der Waals surface area (Å²) in [6.45, 7) is 3.38. The highest BCUT2D eigenvalue weighted by atomic mass is 19.4. The van der Waals surface area contributed by atoms with E-state index in [1.54, 1.807) is 25.6 Å². The molecule has 12 heteroatoms. The SMILES string of the molecule is COCC1(CN(C)c2cc(-c3cnc(C(F)(F)F)c(C4CC4)c3)nc3nc(-c4cnc(N5CCCCC5)cn4)[nH]c23)CCC1. The third kappa shape index (κ3) is 5.60. The maximum Gasteiger partial charge on any atom is 0.433 e. The number of imidazole rings is 1. The number of H-pyrrole nitrogens is 1. The lowest BCUT2D eigenvalue weighted by molar-refractivity contribution is -0.141. The van der Waals surface area contributed by atoms with Crippen LogP contribution in [-0.2, 0) is 10.9 Å². The fraction of sp³-hybridized carbons (Fsp3) is 0.531. The van der Waals surface area contributed by atoms with Gasteiger partial charge in [-0.25, -0.2) is 19.9 Å². The molecule has 4 aromatic rings. The van der Waals surface area contributed by atoms with Crippen LogP contribution < -0.4 is 9.80 Å². The molecular formula is C32H37F3N8O. The van der Waals surface area contributed by atoms with Crippen molar-refractivity contribution in [3.05, 3.63) is 42.0 Å². The van der Waals surface area contributed by atoms with E-state index in [1.807, 2.05) is 13.1 Å². The molecule has 0 aromatic carbocycles. The van der Waals surface area contributed by atoms with Crippen LogP contribution in [0.3, 0.4) is 0 Å². The molecule has 0 spiro atoms. The Labute approximate surface area is 254 Å². The van der Waals surface area contributed by atoms with Crippen LogP contribution in [0.15, 0.2) is 30.7 Å². The lowest BCUT2D eigenvalue weighted by atomic mass is 9.69. The standard InChI is InChI=1S/C32H37F3N8O/c1-42(18-31(19-44-2)9-6-10-31)25-14-23(21-13-22(20-7-8-20)28(38-15-21)32(33,34)35)39-30-27(25)40-29(41-30)24-16-37-26(17-36-24)43-11-4-3-5-12-43/h13-17,20H,3-12,18-19H2,1-2H3,(H,39,40,41). The summed E-state index contributed by atoms with van der Waals surface area (Å²) in [4.78, 5) is 30.8. The molecule has 5 heterocycles. The summed E-state index contributed by atoms with van der Waals surface area (Å²) in [5, 5.41) is 0. The quantitative estimate of drug-likeness (QED) is 0.227. The molecule has 0 unspecified atom stereocenters. The number of halogens is 3. The minimum Gasteiger partial charge on any atom is -0.384 e. The summed E-state index contributed by atoms with van der Waals surface area (Å²) in [6, 6.07) is 3.54. The highest BCUT2D eigenvalue weighted by Crippen LogP contribution is 2.47. The van der Waals surface area contributed by atoms with E-state index in [-0.39, 0.29) is 16.9 Å². The molecule has 7 rings (SSSR count). The third-order valence-electron chi connectivity index (χ3n) is 9.35. The molecule has 9 nitrogen and oxygen atoms in total. The van der Waals surface area contributed by atoms with Crippen LogP contribution >= 0.6 is 0 Å². The Morgan fingerprint density at radius 3 is 2.41 bits per heavy atom. The van der Waals surface area contributed by atoms with Gasteiger partial charge < -0.3 is 19.5 Å². The van der Waals surface area contributed by atoms with Crippen molar-refractivity contribution in [2.24, 2.45) is 5.41 Å². The Morgan fingerprint density at radius 1 is 0.977 bits per heavy atom. The normalized spacial score (nSPS) is 18.4. The first-order valence-corrected chi connectivity index (χ1v) is 15.5. The van der Waals surface area contributed by atoms with Gasteiger partial charge in [-0.15, -0.1) is 0 Å². The van der Waals surface area contributed by atoms with Crippen molar-refractivity contribution < 1.29 is 17.9 Å². The van der Waals surface area contributed by atoms with Crippen LogP contribution in [0.4, 0.5) is 24.7 Å². The number of pyridine rings is 2. The lowest BCUT2D eigenvalue weighted by Gasteiger charge is -2.44. The van der Waals surface area contributed by atoms with Crippen molar-refractivity contribution in [3.63, 3.8) is 0 Å². The molecule has 2 saturated carbocycles. The fourth-order valence-electron chi connectivity index (χ4n) is 6.76. The zero-order chi connectivity index (χ0) is 30.5. The molecule has 2 aliphatic carbocycles. The van der Waals surface area contributed by atoms with Gasteiger partial charge in [0.1, 0.15) is 22.7 Å². The Hall–Kier alpha value is -3.80. The number of hydrogen-bond donors (Lipinski definition) is 1. The zero-order valence-electron chi connectivity index (χ0n) is 25.1. The third-order valence-corrected chi connectivity index (χ3v) is 9.35. The number of ether oxygens (including phenoxy) is 1. The van der Waals surface area contributed by atoms with Gasteiger partial charge in [0.2, 0.25) is 0 Å². The maximum atomic E-state index is 13.8. The van der Waals surface area contributed by atoms with E-state index in [9.17, 15) is 13.2 Å². The van der Waals surface area contributed by atoms with Crippen LogP contribution in [0.25, 0.3) is 33.9 Å². The van der Waals surface area contributed by atoms with E-state index < -0.39 is 11.9 Å². The topological polar surface area (TPSA) is 95.9 Å². The molecular weight excluding hydrogens is 569 g/mol. The van der Waals surface area contributed by atoms with Crippen molar-refractivity contribution in [2.75, 3.05) is 50.2 Å². The number of alkyl halides is 3. The Kier molecular flexibility index (Phi) is 7.42. The second-order valence-electron chi connectivity index (χ2n) is 12.7. The molecule has 1 N–H and O–H groups in total. The van der Waals surface area contributed by atoms with E-state index in [1.165, 1.54) is 12.6 Å². The number of aromatic nitrogens is 6. The summed E-state index contributed by atoms with van der Waals surface area (Å²) in [5.74, 6) is 1.27. The van der Waals surface area contributed by atoms with Gasteiger partial charge in [0.05, 0.1) is 30.4 Å². The number of piperidine rings is 1. The van der Waals surface area contributed by atoms with Gasteiger partial charge in [0, 0.05) is 51.0 Å². The van der Waals surface area contributed by atoms with Crippen molar-refractivity contribution in [1.82, 2.24) is 29.9 Å². The number of aromatic amines is 1. The second kappa shape index (κ2) is 11.3. The minimum absolute atomic E-state index is 0.0485. The van der Waals surface area contributed by atoms with Gasteiger partial charge in [-0.2, -0.15) is 13.2 Å². The van der Waals surface area contributed by atoms with E-state index in [4.69, 9.17) is 14.7 Å². The number of anilines is 2. The fourth-order valence-corrected chi connectivity index (χ4v) is 6.76. The van der Waals surface area contributed by atoms with Crippen LogP contribution in [-0.4, -0.2) is 70.3 Å². The van der Waals surface area contributed by atoms with Crippen LogP contribution in [0.1, 0.15) is 68.5 Å². The van der Waals surface area contributed by atoms with Gasteiger partial charge >= 0.3 is 6.18 Å². The monoisotopic (exact) mass is 606 g/mol. The van der Waals surface area contributed by atoms with Crippen molar-refractivity contribution in [3.8, 4) is 22.8 Å². The van der Waals surface area contributed by atoms with Gasteiger partial charge in [-0.05, 0) is 68.6 Å². The molecule has 232 valence electrons. The lowest BCUT2D eigenvalue weighted by Crippen LogP contribution is -2.44. The highest BCUT2D eigenvalue weighted by Gasteiger charge is 2.41. The number of nitrogens with zero attached hydrogens (tertiary/aromatic N) is 7. The molecule has 4 aromatic heterocycles. The number of methoxy groups -OCH3 is 1.